The molecule has 0 fully saturated rings. The van der Waals surface area contributed by atoms with E-state index in [0.717, 1.165) is 16.7 Å². The van der Waals surface area contributed by atoms with Gasteiger partial charge in [0, 0.05) is 12.0 Å². The number of aryl methyl sites for hydroxylation is 2. The minimum atomic E-state index is 0.215. The molecule has 1 aromatic rings. The van der Waals surface area contributed by atoms with Gasteiger partial charge in [-0.3, -0.25) is 4.79 Å². The Morgan fingerprint density at radius 3 is 2.00 bits per heavy atom. The first kappa shape index (κ1) is 12.3. The highest BCUT2D eigenvalue weighted by molar-refractivity contribution is 7.80. The van der Waals surface area contributed by atoms with Gasteiger partial charge in [0.25, 0.3) is 0 Å². The van der Waals surface area contributed by atoms with Gasteiger partial charge in [0.1, 0.15) is 0 Å². The maximum absolute atomic E-state index is 11.9. The van der Waals surface area contributed by atoms with Crippen LogP contribution in [-0.2, 0) is 0 Å². The Bertz CT molecular complexity index is 368. The van der Waals surface area contributed by atoms with Crippen molar-refractivity contribution in [3.8, 4) is 0 Å². The summed E-state index contributed by atoms with van der Waals surface area (Å²) in [7, 11) is 0. The standard InChI is InChI=1S/C13H18OS/c1-8-7-9(2)11(4)13(10(8)3)12(14)5-6-15/h7,15H,5-6H2,1-4H3. The van der Waals surface area contributed by atoms with Crippen LogP contribution in [0.3, 0.4) is 0 Å². The lowest BCUT2D eigenvalue weighted by molar-refractivity contribution is 0.0988. The van der Waals surface area contributed by atoms with Crippen LogP contribution in [0.1, 0.15) is 39.0 Å². The van der Waals surface area contributed by atoms with E-state index in [0.29, 0.717) is 12.2 Å². The number of hydrogen-bond donors (Lipinski definition) is 1. The molecule has 0 amide bonds. The molecule has 82 valence electrons. The van der Waals surface area contributed by atoms with E-state index in [-0.39, 0.29) is 5.78 Å². The molecule has 0 aliphatic rings. The van der Waals surface area contributed by atoms with Crippen LogP contribution < -0.4 is 0 Å². The summed E-state index contributed by atoms with van der Waals surface area (Å²) in [5.41, 5.74) is 5.53. The van der Waals surface area contributed by atoms with Crippen molar-refractivity contribution in [2.24, 2.45) is 0 Å². The van der Waals surface area contributed by atoms with Crippen LogP contribution in [0, 0.1) is 27.7 Å². The zero-order valence-electron chi connectivity index (χ0n) is 9.85. The summed E-state index contributed by atoms with van der Waals surface area (Å²) in [6.45, 7) is 8.15. The van der Waals surface area contributed by atoms with E-state index in [2.05, 4.69) is 32.5 Å². The van der Waals surface area contributed by atoms with Gasteiger partial charge < -0.3 is 0 Å². The van der Waals surface area contributed by atoms with Gasteiger partial charge in [-0.1, -0.05) is 6.07 Å². The SMILES string of the molecule is Cc1cc(C)c(C)c(C(=O)CCS)c1C. The minimum Gasteiger partial charge on any atom is -0.294 e. The van der Waals surface area contributed by atoms with E-state index in [9.17, 15) is 4.79 Å². The van der Waals surface area contributed by atoms with Gasteiger partial charge in [-0.15, -0.1) is 0 Å². The van der Waals surface area contributed by atoms with E-state index < -0.39 is 0 Å². The average molecular weight is 222 g/mol. The summed E-state index contributed by atoms with van der Waals surface area (Å²) in [5, 5.41) is 0. The van der Waals surface area contributed by atoms with Crippen molar-refractivity contribution in [2.45, 2.75) is 34.1 Å². The molecule has 0 aliphatic heterocycles. The van der Waals surface area contributed by atoms with E-state index in [1.165, 1.54) is 11.1 Å². The molecule has 0 saturated heterocycles. The Kier molecular flexibility index (Phi) is 3.97. The van der Waals surface area contributed by atoms with E-state index >= 15 is 0 Å². The zero-order valence-corrected chi connectivity index (χ0v) is 10.7. The summed E-state index contributed by atoms with van der Waals surface area (Å²) in [4.78, 5) is 11.9. The molecule has 1 nitrogen and oxygen atoms in total. The molecule has 0 spiro atoms. The fourth-order valence-electron chi connectivity index (χ4n) is 1.86. The summed E-state index contributed by atoms with van der Waals surface area (Å²) in [6, 6.07) is 2.14. The van der Waals surface area contributed by atoms with Gasteiger partial charge in [0.05, 0.1) is 0 Å². The van der Waals surface area contributed by atoms with Crippen molar-refractivity contribution in [3.63, 3.8) is 0 Å². The molecular formula is C13H18OS. The maximum atomic E-state index is 11.9. The van der Waals surface area contributed by atoms with Crippen molar-refractivity contribution < 1.29 is 4.79 Å². The van der Waals surface area contributed by atoms with Crippen LogP contribution in [0.2, 0.25) is 0 Å². The molecule has 0 aromatic heterocycles. The third kappa shape index (κ3) is 2.43. The van der Waals surface area contributed by atoms with Crippen LogP contribution in [0.4, 0.5) is 0 Å². The minimum absolute atomic E-state index is 0.215. The van der Waals surface area contributed by atoms with Crippen LogP contribution in [0.15, 0.2) is 6.07 Å². The molecule has 0 saturated carbocycles. The van der Waals surface area contributed by atoms with Crippen LogP contribution in [0.25, 0.3) is 0 Å². The lowest BCUT2D eigenvalue weighted by atomic mass is 9.91. The van der Waals surface area contributed by atoms with Crippen molar-refractivity contribution in [1.82, 2.24) is 0 Å². The van der Waals surface area contributed by atoms with Crippen molar-refractivity contribution in [2.75, 3.05) is 5.75 Å². The number of thiol groups is 1. The fraction of sp³-hybridized carbons (Fsp3) is 0.462. The molecule has 0 aliphatic carbocycles. The number of carbonyl (C=O) groups excluding carboxylic acids is 1. The number of carbonyl (C=O) groups is 1. The summed E-state index contributed by atoms with van der Waals surface area (Å²) in [6.07, 6.45) is 0.522. The largest absolute Gasteiger partial charge is 0.294 e. The van der Waals surface area contributed by atoms with Gasteiger partial charge in [-0.2, -0.15) is 12.6 Å². The van der Waals surface area contributed by atoms with Gasteiger partial charge in [-0.25, -0.2) is 0 Å². The fourth-order valence-corrected chi connectivity index (χ4v) is 2.06. The van der Waals surface area contributed by atoms with Gasteiger partial charge in [0.2, 0.25) is 0 Å². The van der Waals surface area contributed by atoms with Crippen molar-refractivity contribution >= 4 is 18.4 Å². The number of ketones is 1. The van der Waals surface area contributed by atoms with E-state index in [4.69, 9.17) is 0 Å². The molecule has 1 aromatic carbocycles. The quantitative estimate of drug-likeness (QED) is 0.612. The molecule has 1 rings (SSSR count). The predicted molar refractivity (Wildman–Crippen MR) is 68.2 cm³/mol. The number of hydrogen-bond acceptors (Lipinski definition) is 2. The van der Waals surface area contributed by atoms with Crippen LogP contribution in [0.5, 0.6) is 0 Å². The zero-order chi connectivity index (χ0) is 11.6. The Morgan fingerprint density at radius 2 is 1.60 bits per heavy atom. The highest BCUT2D eigenvalue weighted by Gasteiger charge is 2.14. The Balaban J connectivity index is 3.32. The molecule has 2 heteroatoms. The van der Waals surface area contributed by atoms with Gasteiger partial charge >= 0.3 is 0 Å². The molecule has 0 bridgehead atoms. The summed E-state index contributed by atoms with van der Waals surface area (Å²) in [5.74, 6) is 0.830. The number of benzene rings is 1. The predicted octanol–water partition coefficient (Wildman–Crippen LogP) is 3.42. The second kappa shape index (κ2) is 4.84. The van der Waals surface area contributed by atoms with E-state index in [1.807, 2.05) is 13.8 Å². The first-order chi connectivity index (χ1) is 6.99. The molecular weight excluding hydrogens is 204 g/mol. The molecule has 0 radical (unpaired) electrons. The Labute approximate surface area is 97.3 Å². The Morgan fingerprint density at radius 1 is 1.13 bits per heavy atom. The van der Waals surface area contributed by atoms with Crippen molar-refractivity contribution in [3.05, 3.63) is 33.9 Å². The van der Waals surface area contributed by atoms with E-state index in [1.54, 1.807) is 0 Å². The highest BCUT2D eigenvalue weighted by Crippen LogP contribution is 2.22. The lowest BCUT2D eigenvalue weighted by Gasteiger charge is -2.13. The van der Waals surface area contributed by atoms with Crippen LogP contribution in [-0.4, -0.2) is 11.5 Å². The topological polar surface area (TPSA) is 17.1 Å². The molecule has 15 heavy (non-hydrogen) atoms. The lowest BCUT2D eigenvalue weighted by Crippen LogP contribution is -2.08. The van der Waals surface area contributed by atoms with Crippen LogP contribution >= 0.6 is 12.6 Å². The normalized spacial score (nSPS) is 10.5. The third-order valence-corrected chi connectivity index (χ3v) is 3.21. The van der Waals surface area contributed by atoms with Gasteiger partial charge in [-0.05, 0) is 55.7 Å². The molecule has 0 N–H and O–H groups in total. The third-order valence-electron chi connectivity index (χ3n) is 2.98. The Hall–Kier alpha value is -0.760. The summed E-state index contributed by atoms with van der Waals surface area (Å²) >= 11 is 4.11. The van der Waals surface area contributed by atoms with Crippen molar-refractivity contribution in [1.29, 1.82) is 0 Å². The maximum Gasteiger partial charge on any atom is 0.164 e. The highest BCUT2D eigenvalue weighted by atomic mass is 32.1. The monoisotopic (exact) mass is 222 g/mol. The first-order valence-electron chi connectivity index (χ1n) is 5.20. The molecule has 0 heterocycles. The second-order valence-electron chi connectivity index (χ2n) is 4.03. The molecule has 0 unspecified atom stereocenters. The second-order valence-corrected chi connectivity index (χ2v) is 4.48. The number of Topliss-reactive ketones (excluding diaryl/α,β-unsaturated/α-hetero) is 1. The van der Waals surface area contributed by atoms with Gasteiger partial charge in [0.15, 0.2) is 5.78 Å². The smallest absolute Gasteiger partial charge is 0.164 e. The first-order valence-corrected chi connectivity index (χ1v) is 5.83. The average Bonchev–Trinajstić information content (AvgIpc) is 2.16. The summed E-state index contributed by atoms with van der Waals surface area (Å²) < 4.78 is 0. The number of rotatable bonds is 3. The molecule has 0 atom stereocenters.